The number of rotatable bonds is 2. The number of piperidine rings is 1. The molecule has 5 rings (SSSR count). The lowest BCUT2D eigenvalue weighted by Crippen LogP contribution is -2.53. The molecule has 0 radical (unpaired) electrons. The molecule has 3 saturated heterocycles. The SMILES string of the molecule is O=C1CCC(=O)N1C1CC2CCC(C1)N2C(=O)c1ccc2nsnc2c1. The van der Waals surface area contributed by atoms with E-state index in [2.05, 4.69) is 8.75 Å². The minimum atomic E-state index is -0.0549. The van der Waals surface area contributed by atoms with Crippen molar-refractivity contribution in [3.05, 3.63) is 23.8 Å². The van der Waals surface area contributed by atoms with Gasteiger partial charge >= 0.3 is 0 Å². The summed E-state index contributed by atoms with van der Waals surface area (Å²) in [5, 5.41) is 0. The monoisotopic (exact) mass is 370 g/mol. The molecule has 3 aliphatic heterocycles. The Morgan fingerprint density at radius 3 is 2.31 bits per heavy atom. The first-order valence-electron chi connectivity index (χ1n) is 9.01. The third-order valence-corrected chi connectivity index (χ3v) is 6.46. The van der Waals surface area contributed by atoms with Crippen LogP contribution < -0.4 is 0 Å². The zero-order valence-electron chi connectivity index (χ0n) is 14.1. The van der Waals surface area contributed by atoms with Gasteiger partial charge in [0.2, 0.25) is 11.8 Å². The lowest BCUT2D eigenvalue weighted by molar-refractivity contribution is -0.142. The van der Waals surface area contributed by atoms with Gasteiger partial charge in [0.25, 0.3) is 5.91 Å². The van der Waals surface area contributed by atoms with E-state index in [0.717, 1.165) is 35.6 Å². The molecule has 0 N–H and O–H groups in total. The number of carbonyl (C=O) groups excluding carboxylic acids is 3. The highest BCUT2D eigenvalue weighted by Crippen LogP contribution is 2.39. The van der Waals surface area contributed by atoms with E-state index in [-0.39, 0.29) is 35.8 Å². The zero-order valence-corrected chi connectivity index (χ0v) is 14.9. The van der Waals surface area contributed by atoms with Crippen molar-refractivity contribution in [2.75, 3.05) is 0 Å². The molecule has 8 heteroatoms. The van der Waals surface area contributed by atoms with Crippen LogP contribution in [0.4, 0.5) is 0 Å². The number of benzene rings is 1. The topological polar surface area (TPSA) is 83.5 Å². The second kappa shape index (κ2) is 5.84. The van der Waals surface area contributed by atoms with E-state index in [0.29, 0.717) is 31.2 Å². The van der Waals surface area contributed by atoms with Crippen LogP contribution >= 0.6 is 11.7 Å². The van der Waals surface area contributed by atoms with Gasteiger partial charge in [-0.15, -0.1) is 0 Å². The fraction of sp³-hybridized carbons (Fsp3) is 0.500. The summed E-state index contributed by atoms with van der Waals surface area (Å²) in [6.07, 6.45) is 3.91. The molecule has 2 bridgehead atoms. The van der Waals surface area contributed by atoms with E-state index in [9.17, 15) is 14.4 Å². The maximum Gasteiger partial charge on any atom is 0.254 e. The van der Waals surface area contributed by atoms with Crippen molar-refractivity contribution >= 4 is 40.5 Å². The van der Waals surface area contributed by atoms with Crippen molar-refractivity contribution in [1.29, 1.82) is 0 Å². The van der Waals surface area contributed by atoms with Crippen LogP contribution in [0.2, 0.25) is 0 Å². The molecule has 2 atom stereocenters. The maximum absolute atomic E-state index is 13.1. The summed E-state index contributed by atoms with van der Waals surface area (Å²) in [6.45, 7) is 0. The van der Waals surface area contributed by atoms with Gasteiger partial charge in [0.1, 0.15) is 11.0 Å². The number of amides is 3. The molecule has 1 aromatic carbocycles. The Bertz CT molecular complexity index is 896. The fourth-order valence-corrected chi connectivity index (χ4v) is 5.27. The molecule has 1 aromatic heterocycles. The summed E-state index contributed by atoms with van der Waals surface area (Å²) in [7, 11) is 0. The van der Waals surface area contributed by atoms with Crippen LogP contribution in [-0.4, -0.2) is 54.4 Å². The van der Waals surface area contributed by atoms with Gasteiger partial charge in [0.15, 0.2) is 0 Å². The van der Waals surface area contributed by atoms with Crippen molar-refractivity contribution in [2.24, 2.45) is 0 Å². The number of imide groups is 1. The average molecular weight is 370 g/mol. The van der Waals surface area contributed by atoms with E-state index in [1.54, 1.807) is 6.07 Å². The van der Waals surface area contributed by atoms with Crippen LogP contribution in [0, 0.1) is 0 Å². The molecule has 0 spiro atoms. The molecular formula is C18H18N4O3S. The van der Waals surface area contributed by atoms with E-state index in [4.69, 9.17) is 0 Å². The number of likely N-dealkylation sites (tertiary alicyclic amines) is 1. The maximum atomic E-state index is 13.1. The highest BCUT2D eigenvalue weighted by Gasteiger charge is 2.47. The Labute approximate surface area is 154 Å². The minimum absolute atomic E-state index is 0.0184. The lowest BCUT2D eigenvalue weighted by Gasteiger charge is -2.41. The first-order valence-corrected chi connectivity index (χ1v) is 9.75. The molecule has 0 saturated carbocycles. The smallest absolute Gasteiger partial charge is 0.254 e. The van der Waals surface area contributed by atoms with Gasteiger partial charge in [0.05, 0.1) is 11.7 Å². The lowest BCUT2D eigenvalue weighted by atomic mass is 9.95. The van der Waals surface area contributed by atoms with E-state index >= 15 is 0 Å². The summed E-state index contributed by atoms with van der Waals surface area (Å²) in [5.74, 6) is -0.0914. The van der Waals surface area contributed by atoms with Crippen molar-refractivity contribution in [3.8, 4) is 0 Å². The predicted molar refractivity (Wildman–Crippen MR) is 94.5 cm³/mol. The zero-order chi connectivity index (χ0) is 17.8. The Hall–Kier alpha value is -2.35. The van der Waals surface area contributed by atoms with E-state index in [1.807, 2.05) is 17.0 Å². The average Bonchev–Trinajstić information content (AvgIpc) is 3.30. The second-order valence-electron chi connectivity index (χ2n) is 7.35. The van der Waals surface area contributed by atoms with Gasteiger partial charge in [-0.3, -0.25) is 19.3 Å². The first kappa shape index (κ1) is 15.9. The van der Waals surface area contributed by atoms with Crippen LogP contribution in [-0.2, 0) is 9.59 Å². The number of hydrogen-bond donors (Lipinski definition) is 0. The number of hydrogen-bond acceptors (Lipinski definition) is 6. The second-order valence-corrected chi connectivity index (χ2v) is 7.88. The minimum Gasteiger partial charge on any atom is -0.333 e. The largest absolute Gasteiger partial charge is 0.333 e. The van der Waals surface area contributed by atoms with Gasteiger partial charge in [-0.25, -0.2) is 0 Å². The molecule has 3 fully saturated rings. The third-order valence-electron chi connectivity index (χ3n) is 5.90. The number of fused-ring (bicyclic) bond motifs is 3. The van der Waals surface area contributed by atoms with Crippen molar-refractivity contribution in [1.82, 2.24) is 18.5 Å². The Balaban J connectivity index is 1.39. The van der Waals surface area contributed by atoms with Gasteiger partial charge in [-0.1, -0.05) is 0 Å². The van der Waals surface area contributed by atoms with Crippen molar-refractivity contribution in [3.63, 3.8) is 0 Å². The molecule has 7 nitrogen and oxygen atoms in total. The molecule has 26 heavy (non-hydrogen) atoms. The quantitative estimate of drug-likeness (QED) is 0.755. The van der Waals surface area contributed by atoms with Crippen molar-refractivity contribution < 1.29 is 14.4 Å². The molecule has 3 amide bonds. The van der Waals surface area contributed by atoms with E-state index < -0.39 is 0 Å². The van der Waals surface area contributed by atoms with Gasteiger partial charge in [-0.05, 0) is 43.9 Å². The van der Waals surface area contributed by atoms with Crippen LogP contribution in [0.5, 0.6) is 0 Å². The van der Waals surface area contributed by atoms with Gasteiger partial charge in [-0.2, -0.15) is 8.75 Å². The predicted octanol–water partition coefficient (Wildman–Crippen LogP) is 1.98. The highest BCUT2D eigenvalue weighted by molar-refractivity contribution is 7.00. The summed E-state index contributed by atoms with van der Waals surface area (Å²) >= 11 is 1.14. The summed E-state index contributed by atoms with van der Waals surface area (Å²) < 4.78 is 8.40. The third kappa shape index (κ3) is 2.35. The number of nitrogens with zero attached hydrogens (tertiary/aromatic N) is 4. The standard InChI is InChI=1S/C18H18N4O3S/c23-16-5-6-17(24)22(16)13-8-11-2-3-12(9-13)21(11)18(25)10-1-4-14-15(7-10)20-26-19-14/h1,4,7,11-13H,2-3,5-6,8-9H2. The molecule has 2 unspecified atom stereocenters. The molecular weight excluding hydrogens is 352 g/mol. The van der Waals surface area contributed by atoms with Crippen LogP contribution in [0.3, 0.4) is 0 Å². The first-order chi connectivity index (χ1) is 12.6. The van der Waals surface area contributed by atoms with Crippen LogP contribution in [0.25, 0.3) is 11.0 Å². The summed E-state index contributed by atoms with van der Waals surface area (Å²) in [6, 6.07) is 5.59. The number of carbonyl (C=O) groups is 3. The van der Waals surface area contributed by atoms with Gasteiger partial charge < -0.3 is 4.90 Å². The fourth-order valence-electron chi connectivity index (χ4n) is 4.76. The van der Waals surface area contributed by atoms with Crippen molar-refractivity contribution in [2.45, 2.75) is 56.7 Å². The molecule has 0 aliphatic carbocycles. The number of aromatic nitrogens is 2. The molecule has 134 valence electrons. The summed E-state index contributed by atoms with van der Waals surface area (Å²) in [4.78, 5) is 40.7. The highest BCUT2D eigenvalue weighted by atomic mass is 32.1. The summed E-state index contributed by atoms with van der Waals surface area (Å²) in [5.41, 5.74) is 2.18. The molecule has 3 aliphatic rings. The van der Waals surface area contributed by atoms with E-state index in [1.165, 1.54) is 4.90 Å². The molecule has 2 aromatic rings. The normalized spacial score (nSPS) is 28.4. The Morgan fingerprint density at radius 2 is 1.62 bits per heavy atom. The van der Waals surface area contributed by atoms with Gasteiger partial charge in [0, 0.05) is 36.5 Å². The van der Waals surface area contributed by atoms with Crippen LogP contribution in [0.15, 0.2) is 18.2 Å². The Kier molecular flexibility index (Phi) is 3.56. The van der Waals surface area contributed by atoms with Crippen LogP contribution in [0.1, 0.15) is 48.9 Å². The molecule has 4 heterocycles. The Morgan fingerprint density at radius 1 is 0.962 bits per heavy atom.